The average molecular weight is 439 g/mol. The van der Waals surface area contributed by atoms with Crippen LogP contribution >= 0.6 is 0 Å². The first kappa shape index (κ1) is 22.9. The largest absolute Gasteiger partial charge is 0.439 e. The van der Waals surface area contributed by atoms with Gasteiger partial charge in [-0.15, -0.1) is 0 Å². The number of amides is 2. The number of halogens is 2. The number of pyridine rings is 1. The molecule has 1 heterocycles. The van der Waals surface area contributed by atoms with E-state index in [-0.39, 0.29) is 29.7 Å². The summed E-state index contributed by atoms with van der Waals surface area (Å²) in [7, 11) is 0. The maximum Gasteiger partial charge on any atom is 0.254 e. The van der Waals surface area contributed by atoms with E-state index >= 15 is 0 Å². The van der Waals surface area contributed by atoms with Crippen LogP contribution < -0.4 is 15.4 Å². The number of nitrogens with zero attached hydrogens (tertiary/aromatic N) is 1. The second kappa shape index (κ2) is 10.5. The molecule has 0 fully saturated rings. The molecule has 166 valence electrons. The Morgan fingerprint density at radius 1 is 1.03 bits per heavy atom. The van der Waals surface area contributed by atoms with Gasteiger partial charge in [0.25, 0.3) is 5.91 Å². The van der Waals surface area contributed by atoms with Gasteiger partial charge in [0.1, 0.15) is 23.4 Å². The summed E-state index contributed by atoms with van der Waals surface area (Å²) in [5.74, 6) is -1.98. The average Bonchev–Trinajstić information content (AvgIpc) is 2.76. The zero-order valence-electron chi connectivity index (χ0n) is 17.6. The number of hydrogen-bond acceptors (Lipinski definition) is 4. The Kier molecular flexibility index (Phi) is 7.49. The standard InChI is InChI=1S/C24H23F2N3O3/c1-15(2)21(29-22(30)19-10-3-4-11-20(19)26)23(31)28-14-16-7-6-12-27-24(16)32-18-9-5-8-17(25)13-18/h3-13,15,21H,14H2,1-2H3,(H,28,31)(H,29,30). The first-order valence-electron chi connectivity index (χ1n) is 10.1. The Hall–Kier alpha value is -3.81. The number of benzene rings is 2. The van der Waals surface area contributed by atoms with E-state index in [4.69, 9.17) is 4.74 Å². The van der Waals surface area contributed by atoms with Crippen molar-refractivity contribution in [3.05, 3.63) is 89.6 Å². The second-order valence-corrected chi connectivity index (χ2v) is 7.42. The summed E-state index contributed by atoms with van der Waals surface area (Å²) in [5.41, 5.74) is 0.428. The van der Waals surface area contributed by atoms with E-state index in [1.165, 1.54) is 42.6 Å². The second-order valence-electron chi connectivity index (χ2n) is 7.42. The molecule has 3 rings (SSSR count). The van der Waals surface area contributed by atoms with E-state index < -0.39 is 29.5 Å². The molecule has 3 aromatic rings. The van der Waals surface area contributed by atoms with Crippen molar-refractivity contribution in [1.29, 1.82) is 0 Å². The molecule has 0 bridgehead atoms. The molecule has 1 aromatic heterocycles. The van der Waals surface area contributed by atoms with Gasteiger partial charge in [0.15, 0.2) is 0 Å². The normalized spacial score (nSPS) is 11.7. The monoisotopic (exact) mass is 439 g/mol. The number of rotatable bonds is 8. The molecule has 2 aromatic carbocycles. The topological polar surface area (TPSA) is 80.3 Å². The molecule has 0 spiro atoms. The van der Waals surface area contributed by atoms with Crippen LogP contribution in [0, 0.1) is 17.6 Å². The Balaban J connectivity index is 1.68. The highest BCUT2D eigenvalue weighted by Gasteiger charge is 2.25. The number of carbonyl (C=O) groups excluding carboxylic acids is 2. The van der Waals surface area contributed by atoms with Crippen molar-refractivity contribution in [1.82, 2.24) is 15.6 Å². The molecule has 2 N–H and O–H groups in total. The van der Waals surface area contributed by atoms with E-state index in [0.29, 0.717) is 5.56 Å². The molecular formula is C24H23F2N3O3. The predicted molar refractivity (Wildman–Crippen MR) is 115 cm³/mol. The zero-order valence-corrected chi connectivity index (χ0v) is 17.6. The number of carbonyl (C=O) groups is 2. The molecule has 1 unspecified atom stereocenters. The summed E-state index contributed by atoms with van der Waals surface area (Å²) in [6.07, 6.45) is 1.52. The maximum atomic E-state index is 13.9. The first-order chi connectivity index (χ1) is 15.3. The van der Waals surface area contributed by atoms with Crippen LogP contribution in [-0.2, 0) is 11.3 Å². The lowest BCUT2D eigenvalue weighted by Gasteiger charge is -2.22. The van der Waals surface area contributed by atoms with Crippen molar-refractivity contribution >= 4 is 11.8 Å². The first-order valence-corrected chi connectivity index (χ1v) is 10.1. The van der Waals surface area contributed by atoms with Crippen molar-refractivity contribution in [3.63, 3.8) is 0 Å². The highest BCUT2D eigenvalue weighted by atomic mass is 19.1. The fraction of sp³-hybridized carbons (Fsp3) is 0.208. The third kappa shape index (κ3) is 5.87. The quantitative estimate of drug-likeness (QED) is 0.551. The summed E-state index contributed by atoms with van der Waals surface area (Å²) in [6, 6.07) is 13.7. The Labute approximate surface area is 184 Å². The highest BCUT2D eigenvalue weighted by Crippen LogP contribution is 2.23. The van der Waals surface area contributed by atoms with Gasteiger partial charge in [-0.2, -0.15) is 0 Å². The summed E-state index contributed by atoms with van der Waals surface area (Å²) >= 11 is 0. The number of ether oxygens (including phenoxy) is 1. The van der Waals surface area contributed by atoms with E-state index in [1.807, 2.05) is 0 Å². The van der Waals surface area contributed by atoms with Gasteiger partial charge in [-0.3, -0.25) is 9.59 Å². The number of hydrogen-bond donors (Lipinski definition) is 2. The fourth-order valence-corrected chi connectivity index (χ4v) is 2.98. The van der Waals surface area contributed by atoms with Crippen molar-refractivity contribution in [3.8, 4) is 11.6 Å². The molecule has 0 radical (unpaired) electrons. The maximum absolute atomic E-state index is 13.9. The highest BCUT2D eigenvalue weighted by molar-refractivity contribution is 5.97. The molecular weight excluding hydrogens is 416 g/mol. The van der Waals surface area contributed by atoms with Gasteiger partial charge in [0.2, 0.25) is 11.8 Å². The summed E-state index contributed by atoms with van der Waals surface area (Å²) < 4.78 is 33.0. The number of aromatic nitrogens is 1. The summed E-state index contributed by atoms with van der Waals surface area (Å²) in [4.78, 5) is 29.4. The molecule has 2 amide bonds. The molecule has 0 aliphatic rings. The lowest BCUT2D eigenvalue weighted by molar-refractivity contribution is -0.124. The van der Waals surface area contributed by atoms with Crippen LogP contribution in [0.2, 0.25) is 0 Å². The van der Waals surface area contributed by atoms with Gasteiger partial charge in [-0.05, 0) is 36.2 Å². The van der Waals surface area contributed by atoms with Crippen LogP contribution in [0.25, 0.3) is 0 Å². The van der Waals surface area contributed by atoms with Crippen molar-refractivity contribution in [2.75, 3.05) is 0 Å². The summed E-state index contributed by atoms with van der Waals surface area (Å²) in [5, 5.41) is 5.34. The van der Waals surface area contributed by atoms with Crippen LogP contribution in [-0.4, -0.2) is 22.8 Å². The molecule has 8 heteroatoms. The van der Waals surface area contributed by atoms with Crippen molar-refractivity contribution in [2.24, 2.45) is 5.92 Å². The van der Waals surface area contributed by atoms with Gasteiger partial charge >= 0.3 is 0 Å². The third-order valence-corrected chi connectivity index (χ3v) is 4.67. The lowest BCUT2D eigenvalue weighted by atomic mass is 10.0. The van der Waals surface area contributed by atoms with E-state index in [0.717, 1.165) is 0 Å². The van der Waals surface area contributed by atoms with Gasteiger partial charge in [0, 0.05) is 24.4 Å². The van der Waals surface area contributed by atoms with Crippen LogP contribution in [0.15, 0.2) is 66.9 Å². The SMILES string of the molecule is CC(C)C(NC(=O)c1ccccc1F)C(=O)NCc1cccnc1Oc1cccc(F)c1. The van der Waals surface area contributed by atoms with E-state index in [2.05, 4.69) is 15.6 Å². The fourth-order valence-electron chi connectivity index (χ4n) is 2.98. The third-order valence-electron chi connectivity index (χ3n) is 4.67. The van der Waals surface area contributed by atoms with Crippen LogP contribution in [0.5, 0.6) is 11.6 Å². The van der Waals surface area contributed by atoms with Crippen LogP contribution in [0.3, 0.4) is 0 Å². The van der Waals surface area contributed by atoms with Gasteiger partial charge in [-0.1, -0.05) is 38.1 Å². The molecule has 0 aliphatic heterocycles. The van der Waals surface area contributed by atoms with Crippen LogP contribution in [0.4, 0.5) is 8.78 Å². The molecule has 0 aliphatic carbocycles. The lowest BCUT2D eigenvalue weighted by Crippen LogP contribution is -2.49. The Morgan fingerprint density at radius 3 is 2.53 bits per heavy atom. The smallest absolute Gasteiger partial charge is 0.254 e. The molecule has 0 saturated carbocycles. The van der Waals surface area contributed by atoms with E-state index in [1.54, 1.807) is 38.1 Å². The Morgan fingerprint density at radius 2 is 1.81 bits per heavy atom. The predicted octanol–water partition coefficient (Wildman–Crippen LogP) is 4.22. The molecule has 1 atom stereocenters. The minimum absolute atomic E-state index is 0.0656. The minimum Gasteiger partial charge on any atom is -0.439 e. The Bertz CT molecular complexity index is 1110. The van der Waals surface area contributed by atoms with Crippen molar-refractivity contribution in [2.45, 2.75) is 26.4 Å². The van der Waals surface area contributed by atoms with Gasteiger partial charge in [0.05, 0.1) is 5.56 Å². The minimum atomic E-state index is -0.883. The van der Waals surface area contributed by atoms with E-state index in [9.17, 15) is 18.4 Å². The number of nitrogens with one attached hydrogen (secondary N) is 2. The van der Waals surface area contributed by atoms with Crippen LogP contribution in [0.1, 0.15) is 29.8 Å². The molecule has 0 saturated heterocycles. The van der Waals surface area contributed by atoms with Gasteiger partial charge < -0.3 is 15.4 Å². The van der Waals surface area contributed by atoms with Crippen molar-refractivity contribution < 1.29 is 23.1 Å². The summed E-state index contributed by atoms with van der Waals surface area (Å²) in [6.45, 7) is 3.61. The van der Waals surface area contributed by atoms with Gasteiger partial charge in [-0.25, -0.2) is 13.8 Å². The molecule has 32 heavy (non-hydrogen) atoms. The molecule has 6 nitrogen and oxygen atoms in total. The zero-order chi connectivity index (χ0) is 23.1.